The van der Waals surface area contributed by atoms with Crippen molar-refractivity contribution in [2.24, 2.45) is 16.6 Å². The van der Waals surface area contributed by atoms with Gasteiger partial charge < -0.3 is 16.2 Å². The summed E-state index contributed by atoms with van der Waals surface area (Å²) >= 11 is 0. The van der Waals surface area contributed by atoms with Crippen molar-refractivity contribution in [3.8, 4) is 0 Å². The third kappa shape index (κ3) is 3.70. The molecule has 1 amide bonds. The number of nitrogens with one attached hydrogen (secondary N) is 1. The summed E-state index contributed by atoms with van der Waals surface area (Å²) in [5.74, 6) is -1.08. The summed E-state index contributed by atoms with van der Waals surface area (Å²) in [7, 11) is 0. The molecular weight excluding hydrogens is 220 g/mol. The van der Waals surface area contributed by atoms with Crippen molar-refractivity contribution in [3.63, 3.8) is 0 Å². The topological polar surface area (TPSA) is 92.4 Å². The monoisotopic (exact) mass is 244 g/mol. The van der Waals surface area contributed by atoms with E-state index in [2.05, 4.69) is 5.32 Å². The molecule has 5 nitrogen and oxygen atoms in total. The van der Waals surface area contributed by atoms with Crippen LogP contribution in [0.4, 0.5) is 0 Å². The Labute approximate surface area is 103 Å². The number of carbonyl (C=O) groups excluding carboxylic acids is 1. The molecule has 0 radical (unpaired) electrons. The molecule has 0 rings (SSSR count). The molecule has 0 aliphatic carbocycles. The fraction of sp³-hybridized carbons (Fsp3) is 0.833. The van der Waals surface area contributed by atoms with E-state index in [4.69, 9.17) is 10.8 Å². The maximum absolute atomic E-state index is 12.0. The van der Waals surface area contributed by atoms with Crippen LogP contribution < -0.4 is 11.1 Å². The average molecular weight is 244 g/mol. The Morgan fingerprint density at radius 1 is 1.24 bits per heavy atom. The molecule has 0 unspecified atom stereocenters. The van der Waals surface area contributed by atoms with Crippen molar-refractivity contribution in [2.75, 3.05) is 13.1 Å². The molecule has 0 aromatic heterocycles. The van der Waals surface area contributed by atoms with Gasteiger partial charge in [-0.15, -0.1) is 0 Å². The van der Waals surface area contributed by atoms with E-state index in [1.54, 1.807) is 13.8 Å². The largest absolute Gasteiger partial charge is 0.481 e. The number of hydrogen-bond donors (Lipinski definition) is 3. The summed E-state index contributed by atoms with van der Waals surface area (Å²) in [6.45, 7) is 7.38. The summed E-state index contributed by atoms with van der Waals surface area (Å²) in [5, 5.41) is 11.7. The third-order valence-corrected chi connectivity index (χ3v) is 3.50. The Hall–Kier alpha value is -1.10. The zero-order chi connectivity index (χ0) is 13.7. The van der Waals surface area contributed by atoms with Crippen LogP contribution >= 0.6 is 0 Å². The van der Waals surface area contributed by atoms with Crippen molar-refractivity contribution in [1.82, 2.24) is 5.32 Å². The van der Waals surface area contributed by atoms with E-state index >= 15 is 0 Å². The average Bonchev–Trinajstić information content (AvgIpc) is 2.29. The van der Waals surface area contributed by atoms with Crippen LogP contribution in [-0.4, -0.2) is 30.1 Å². The van der Waals surface area contributed by atoms with E-state index in [0.717, 1.165) is 0 Å². The van der Waals surface area contributed by atoms with Gasteiger partial charge >= 0.3 is 5.97 Å². The quantitative estimate of drug-likeness (QED) is 0.622. The first-order chi connectivity index (χ1) is 7.75. The summed E-state index contributed by atoms with van der Waals surface area (Å²) < 4.78 is 0. The molecule has 0 aromatic rings. The normalized spacial score (nSPS) is 12.3. The predicted molar refractivity (Wildman–Crippen MR) is 66.5 cm³/mol. The van der Waals surface area contributed by atoms with Gasteiger partial charge in [0.1, 0.15) is 0 Å². The van der Waals surface area contributed by atoms with Crippen LogP contribution in [-0.2, 0) is 9.59 Å². The third-order valence-electron chi connectivity index (χ3n) is 3.50. The second-order valence-corrected chi connectivity index (χ2v) is 5.06. The van der Waals surface area contributed by atoms with Gasteiger partial charge in [0.15, 0.2) is 0 Å². The molecule has 0 atom stereocenters. The molecule has 0 aliphatic heterocycles. The van der Waals surface area contributed by atoms with Crippen molar-refractivity contribution < 1.29 is 14.7 Å². The number of rotatable bonds is 7. The molecule has 0 saturated heterocycles. The molecule has 0 bridgehead atoms. The number of carboxylic acid groups (broad SMARTS) is 1. The Morgan fingerprint density at radius 2 is 1.71 bits per heavy atom. The zero-order valence-electron chi connectivity index (χ0n) is 11.2. The predicted octanol–water partition coefficient (Wildman–Crippen LogP) is 0.979. The smallest absolute Gasteiger partial charge is 0.310 e. The van der Waals surface area contributed by atoms with Crippen LogP contribution in [0.3, 0.4) is 0 Å². The Kier molecular flexibility index (Phi) is 5.61. The van der Waals surface area contributed by atoms with Crippen LogP contribution in [0.25, 0.3) is 0 Å². The Bertz CT molecular complexity index is 275. The lowest BCUT2D eigenvalue weighted by atomic mass is 9.81. The van der Waals surface area contributed by atoms with Crippen molar-refractivity contribution in [3.05, 3.63) is 0 Å². The molecule has 5 heteroatoms. The number of carboxylic acids is 1. The van der Waals surface area contributed by atoms with Gasteiger partial charge in [-0.2, -0.15) is 0 Å². The first kappa shape index (κ1) is 15.9. The maximum atomic E-state index is 12.0. The highest BCUT2D eigenvalue weighted by atomic mass is 16.4. The fourth-order valence-corrected chi connectivity index (χ4v) is 1.52. The fourth-order valence-electron chi connectivity index (χ4n) is 1.52. The lowest BCUT2D eigenvalue weighted by Crippen LogP contribution is -2.48. The molecule has 0 heterocycles. The lowest BCUT2D eigenvalue weighted by molar-refractivity contribution is -0.147. The lowest BCUT2D eigenvalue weighted by Gasteiger charge is -2.30. The number of amides is 1. The highest BCUT2D eigenvalue weighted by molar-refractivity contribution is 5.83. The van der Waals surface area contributed by atoms with Gasteiger partial charge in [0.2, 0.25) is 5.91 Å². The number of hydrogen-bond acceptors (Lipinski definition) is 3. The van der Waals surface area contributed by atoms with Crippen molar-refractivity contribution >= 4 is 11.9 Å². The van der Waals surface area contributed by atoms with E-state index < -0.39 is 16.8 Å². The van der Waals surface area contributed by atoms with E-state index in [1.165, 1.54) is 0 Å². The molecule has 17 heavy (non-hydrogen) atoms. The summed E-state index contributed by atoms with van der Waals surface area (Å²) in [6, 6.07) is 0. The van der Waals surface area contributed by atoms with Gasteiger partial charge in [0.25, 0.3) is 0 Å². The first-order valence-corrected chi connectivity index (χ1v) is 5.97. The highest BCUT2D eigenvalue weighted by Crippen LogP contribution is 2.25. The zero-order valence-corrected chi connectivity index (χ0v) is 11.2. The van der Waals surface area contributed by atoms with Crippen LogP contribution in [0.1, 0.15) is 40.5 Å². The second kappa shape index (κ2) is 6.00. The van der Waals surface area contributed by atoms with Gasteiger partial charge in [-0.3, -0.25) is 9.59 Å². The number of carbonyl (C=O) groups is 2. The van der Waals surface area contributed by atoms with E-state index in [9.17, 15) is 9.59 Å². The van der Waals surface area contributed by atoms with Gasteiger partial charge in [0, 0.05) is 13.1 Å². The molecule has 0 aromatic carbocycles. The van der Waals surface area contributed by atoms with E-state index in [-0.39, 0.29) is 19.0 Å². The minimum absolute atomic E-state index is 0.114. The maximum Gasteiger partial charge on any atom is 0.310 e. The van der Waals surface area contributed by atoms with Crippen LogP contribution in [0.2, 0.25) is 0 Å². The van der Waals surface area contributed by atoms with Crippen molar-refractivity contribution in [2.45, 2.75) is 40.5 Å². The van der Waals surface area contributed by atoms with Gasteiger partial charge in [-0.25, -0.2) is 0 Å². The molecule has 100 valence electrons. The van der Waals surface area contributed by atoms with Gasteiger partial charge in [-0.05, 0) is 26.7 Å². The second-order valence-electron chi connectivity index (χ2n) is 5.06. The minimum Gasteiger partial charge on any atom is -0.481 e. The van der Waals surface area contributed by atoms with E-state index in [1.807, 2.05) is 13.8 Å². The van der Waals surface area contributed by atoms with Gasteiger partial charge in [0.05, 0.1) is 10.8 Å². The number of aliphatic carboxylic acids is 1. The van der Waals surface area contributed by atoms with Gasteiger partial charge in [-0.1, -0.05) is 13.8 Å². The Balaban J connectivity index is 4.60. The highest BCUT2D eigenvalue weighted by Gasteiger charge is 2.35. The van der Waals surface area contributed by atoms with E-state index in [0.29, 0.717) is 12.8 Å². The summed E-state index contributed by atoms with van der Waals surface area (Å²) in [6.07, 6.45) is 1.30. The Morgan fingerprint density at radius 3 is 2.00 bits per heavy atom. The van der Waals surface area contributed by atoms with Crippen molar-refractivity contribution in [1.29, 1.82) is 0 Å². The first-order valence-electron chi connectivity index (χ1n) is 5.97. The molecule has 4 N–H and O–H groups in total. The molecule has 0 spiro atoms. The molecule has 0 saturated carbocycles. The van der Waals surface area contributed by atoms with Crippen LogP contribution in [0.15, 0.2) is 0 Å². The van der Waals surface area contributed by atoms with Crippen LogP contribution in [0, 0.1) is 10.8 Å². The summed E-state index contributed by atoms with van der Waals surface area (Å²) in [4.78, 5) is 23.0. The molecular formula is C12H24N2O3. The molecule has 0 fully saturated rings. The summed E-state index contributed by atoms with van der Waals surface area (Å²) in [5.41, 5.74) is 4.12. The SMILES string of the molecule is CCC(CC)(CN)C(=O)NCC(C)(C)C(=O)O. The number of nitrogens with two attached hydrogens (primary N) is 1. The molecule has 0 aliphatic rings. The standard InChI is InChI=1S/C12H24N2O3/c1-5-12(6-2,7-13)9(15)14-8-11(3,4)10(16)17/h5-8,13H2,1-4H3,(H,14,15)(H,16,17). The minimum atomic E-state index is -0.961. The van der Waals surface area contributed by atoms with Crippen LogP contribution in [0.5, 0.6) is 0 Å².